The summed E-state index contributed by atoms with van der Waals surface area (Å²) in [6.07, 6.45) is 1.40. The Morgan fingerprint density at radius 2 is 2.10 bits per heavy atom. The van der Waals surface area contributed by atoms with Gasteiger partial charge in [0.15, 0.2) is 24.7 Å². The lowest BCUT2D eigenvalue weighted by Gasteiger charge is -2.05. The maximum absolute atomic E-state index is 10.8. The molecule has 0 amide bonds. The van der Waals surface area contributed by atoms with Crippen molar-refractivity contribution in [3.05, 3.63) is 0 Å². The van der Waals surface area contributed by atoms with Gasteiger partial charge in [0.05, 0.1) is 0 Å². The number of hydrogen-bond acceptors (Lipinski definition) is 2. The van der Waals surface area contributed by atoms with E-state index in [-0.39, 0.29) is 17.4 Å². The molecule has 5 heteroatoms. The van der Waals surface area contributed by atoms with Gasteiger partial charge < -0.3 is 10.6 Å². The molecule has 0 aliphatic carbocycles. The lowest BCUT2D eigenvalue weighted by molar-refractivity contribution is 0.477. The van der Waals surface area contributed by atoms with Crippen molar-refractivity contribution in [2.45, 2.75) is 13.3 Å². The van der Waals surface area contributed by atoms with Crippen LogP contribution in [-0.4, -0.2) is 41.1 Å². The number of hydrogen-bond donors (Lipinski definition) is 2. The van der Waals surface area contributed by atoms with E-state index in [0.29, 0.717) is 25.3 Å². The second kappa shape index (κ2) is 6.40. The minimum absolute atomic E-state index is 0. The zero-order valence-electron chi connectivity index (χ0n) is 5.71. The highest BCUT2D eigenvalue weighted by atomic mass is 31.2. The standard InChI is InChI=1S/C5H14NO2P.Al.3H/c1-2-9(7,8)5-3-4-6;;;;/h2-6H2,1H3,(H,7,8);;;;. The molecule has 0 heterocycles. The van der Waals surface area contributed by atoms with E-state index in [2.05, 4.69) is 0 Å². The Hall–Kier alpha value is 0.682. The first-order valence-corrected chi connectivity index (χ1v) is 5.16. The van der Waals surface area contributed by atoms with Crippen molar-refractivity contribution in [1.29, 1.82) is 0 Å². The molecule has 0 aromatic rings. The zero-order chi connectivity index (χ0) is 7.33. The fraction of sp³-hybridized carbons (Fsp3) is 1.00. The first-order chi connectivity index (χ1) is 4.12. The van der Waals surface area contributed by atoms with E-state index >= 15 is 0 Å². The van der Waals surface area contributed by atoms with Gasteiger partial charge in [-0.3, -0.25) is 4.57 Å². The average molecular weight is 181 g/mol. The van der Waals surface area contributed by atoms with Crippen molar-refractivity contribution in [2.75, 3.05) is 18.9 Å². The van der Waals surface area contributed by atoms with Crippen molar-refractivity contribution in [2.24, 2.45) is 5.73 Å². The topological polar surface area (TPSA) is 63.3 Å². The van der Waals surface area contributed by atoms with Crippen molar-refractivity contribution < 1.29 is 9.46 Å². The van der Waals surface area contributed by atoms with E-state index in [1.54, 1.807) is 6.92 Å². The van der Waals surface area contributed by atoms with Gasteiger partial charge >= 0.3 is 0 Å². The largest absolute Gasteiger partial charge is 0.344 e. The minimum atomic E-state index is -2.77. The highest BCUT2D eigenvalue weighted by Crippen LogP contribution is 2.39. The second-order valence-corrected chi connectivity index (χ2v) is 4.80. The quantitative estimate of drug-likeness (QED) is 0.451. The maximum atomic E-state index is 10.8. The summed E-state index contributed by atoms with van der Waals surface area (Å²) in [6, 6.07) is 0. The van der Waals surface area contributed by atoms with Crippen LogP contribution in [-0.2, 0) is 4.57 Å². The highest BCUT2D eigenvalue weighted by molar-refractivity contribution is 7.57. The molecule has 1 unspecified atom stereocenters. The van der Waals surface area contributed by atoms with Gasteiger partial charge in [0.1, 0.15) is 0 Å². The lowest BCUT2D eigenvalue weighted by Crippen LogP contribution is -2.02. The monoisotopic (exact) mass is 181 g/mol. The summed E-state index contributed by atoms with van der Waals surface area (Å²) in [5.74, 6) is 0. The Morgan fingerprint density at radius 1 is 1.60 bits per heavy atom. The molecule has 3 N–H and O–H groups in total. The first kappa shape index (κ1) is 13.3. The Labute approximate surface area is 72.6 Å². The van der Waals surface area contributed by atoms with Gasteiger partial charge in [-0.25, -0.2) is 0 Å². The summed E-state index contributed by atoms with van der Waals surface area (Å²) < 4.78 is 10.8. The Balaban J connectivity index is 0. The van der Waals surface area contributed by atoms with Crippen molar-refractivity contribution in [1.82, 2.24) is 0 Å². The highest BCUT2D eigenvalue weighted by Gasteiger charge is 2.12. The molecule has 0 aromatic heterocycles. The third kappa shape index (κ3) is 6.80. The summed E-state index contributed by atoms with van der Waals surface area (Å²) in [5.41, 5.74) is 5.16. The molecule has 0 aromatic carbocycles. The van der Waals surface area contributed by atoms with Crippen LogP contribution in [0.3, 0.4) is 0 Å². The molecule has 0 fully saturated rings. The molecule has 0 saturated carbocycles. The van der Waals surface area contributed by atoms with Crippen LogP contribution in [0.25, 0.3) is 0 Å². The molecule has 62 valence electrons. The van der Waals surface area contributed by atoms with E-state index in [4.69, 9.17) is 10.6 Å². The van der Waals surface area contributed by atoms with Crippen molar-refractivity contribution in [3.8, 4) is 0 Å². The van der Waals surface area contributed by atoms with Crippen molar-refractivity contribution >= 4 is 24.7 Å². The van der Waals surface area contributed by atoms with Gasteiger partial charge in [-0.1, -0.05) is 6.92 Å². The van der Waals surface area contributed by atoms with Crippen molar-refractivity contribution in [3.63, 3.8) is 0 Å². The fourth-order valence-corrected chi connectivity index (χ4v) is 1.49. The molecule has 1 atom stereocenters. The summed E-state index contributed by atoms with van der Waals surface area (Å²) in [7, 11) is -2.77. The van der Waals surface area contributed by atoms with Crippen LogP contribution in [0.1, 0.15) is 13.3 Å². The van der Waals surface area contributed by atoms with Crippen LogP contribution in [0.15, 0.2) is 0 Å². The van der Waals surface area contributed by atoms with Gasteiger partial charge in [-0.2, -0.15) is 0 Å². The molecule has 0 saturated heterocycles. The van der Waals surface area contributed by atoms with E-state index in [1.165, 1.54) is 0 Å². The Bertz CT molecular complexity index is 120. The van der Waals surface area contributed by atoms with Gasteiger partial charge in [0.2, 0.25) is 0 Å². The third-order valence-corrected chi connectivity index (χ3v) is 3.21. The summed E-state index contributed by atoms with van der Waals surface area (Å²) in [5, 5.41) is 0. The van der Waals surface area contributed by atoms with Gasteiger partial charge in [-0.15, -0.1) is 0 Å². The predicted octanol–water partition coefficient (Wildman–Crippen LogP) is -0.558. The molecule has 0 bridgehead atoms. The third-order valence-electron chi connectivity index (χ3n) is 1.21. The smallest absolute Gasteiger partial charge is 0.200 e. The van der Waals surface area contributed by atoms with Gasteiger partial charge in [0, 0.05) is 12.3 Å². The fourth-order valence-electron chi connectivity index (χ4n) is 0.496. The van der Waals surface area contributed by atoms with E-state index < -0.39 is 7.37 Å². The average Bonchev–Trinajstić information content (AvgIpc) is 1.84. The normalized spacial score (nSPS) is 15.5. The zero-order valence-corrected chi connectivity index (χ0v) is 6.60. The maximum Gasteiger partial charge on any atom is 0.200 e. The number of nitrogens with two attached hydrogens (primary N) is 1. The van der Waals surface area contributed by atoms with Crippen LogP contribution in [0.2, 0.25) is 0 Å². The van der Waals surface area contributed by atoms with Crippen LogP contribution >= 0.6 is 7.37 Å². The van der Waals surface area contributed by atoms with Crippen LogP contribution in [0, 0.1) is 0 Å². The van der Waals surface area contributed by atoms with Gasteiger partial charge in [0.25, 0.3) is 0 Å². The van der Waals surface area contributed by atoms with Gasteiger partial charge in [-0.05, 0) is 13.0 Å². The molecule has 0 spiro atoms. The first-order valence-electron chi connectivity index (χ1n) is 3.13. The summed E-state index contributed by atoms with van der Waals surface area (Å²) in [6.45, 7) is 2.22. The lowest BCUT2D eigenvalue weighted by atomic mass is 10.5. The molecule has 0 radical (unpaired) electrons. The molecule has 0 aliphatic rings. The predicted molar refractivity (Wildman–Crippen MR) is 48.8 cm³/mol. The Kier molecular flexibility index (Phi) is 8.50. The van der Waals surface area contributed by atoms with E-state index in [9.17, 15) is 4.57 Å². The minimum Gasteiger partial charge on any atom is -0.344 e. The molecule has 0 rings (SSSR count). The van der Waals surface area contributed by atoms with Crippen LogP contribution < -0.4 is 5.73 Å². The van der Waals surface area contributed by atoms with E-state index in [1.807, 2.05) is 0 Å². The molecular formula is C5H17AlNO2P. The summed E-state index contributed by atoms with van der Waals surface area (Å²) >= 11 is 0. The Morgan fingerprint density at radius 3 is 2.40 bits per heavy atom. The second-order valence-electron chi connectivity index (χ2n) is 2.03. The van der Waals surface area contributed by atoms with E-state index in [0.717, 1.165) is 0 Å². The SMILES string of the molecule is CCP(=O)(O)CCCN.[AlH3]. The molecular weight excluding hydrogens is 164 g/mol. The summed E-state index contributed by atoms with van der Waals surface area (Å²) in [4.78, 5) is 8.95. The van der Waals surface area contributed by atoms with Crippen LogP contribution in [0.4, 0.5) is 0 Å². The molecule has 10 heavy (non-hydrogen) atoms. The molecule has 3 nitrogen and oxygen atoms in total. The van der Waals surface area contributed by atoms with Crippen LogP contribution in [0.5, 0.6) is 0 Å². The number of rotatable bonds is 4. The molecule has 0 aliphatic heterocycles.